The highest BCUT2D eigenvalue weighted by Crippen LogP contribution is 2.31. The number of carboxylic acid groups (broad SMARTS) is 1. The van der Waals surface area contributed by atoms with Crippen LogP contribution in [0.15, 0.2) is 66.9 Å². The summed E-state index contributed by atoms with van der Waals surface area (Å²) in [6, 6.07) is 13.6. The fourth-order valence-corrected chi connectivity index (χ4v) is 3.86. The SMILES string of the molecule is N/C(=C\N(N)c1cc(-c2ccc(C3=CCNCC3)cc2)[nH]c1C(=O)O)c1ccc(C(F)(F)F)cc1. The lowest BCUT2D eigenvalue weighted by molar-refractivity contribution is -0.137. The van der Waals surface area contributed by atoms with Crippen molar-refractivity contribution in [1.82, 2.24) is 10.3 Å². The molecule has 0 radical (unpaired) electrons. The number of aromatic nitrogens is 1. The average molecular weight is 483 g/mol. The predicted octanol–water partition coefficient (Wildman–Crippen LogP) is 4.41. The Balaban J connectivity index is 1.59. The second kappa shape index (κ2) is 9.69. The van der Waals surface area contributed by atoms with E-state index < -0.39 is 17.7 Å². The Kier molecular flexibility index (Phi) is 6.68. The molecule has 0 spiro atoms. The lowest BCUT2D eigenvalue weighted by Crippen LogP contribution is -2.27. The molecule has 3 aromatic rings. The number of hydrazine groups is 1. The normalized spacial score (nSPS) is 14.5. The third kappa shape index (κ3) is 5.39. The van der Waals surface area contributed by atoms with Gasteiger partial charge < -0.3 is 21.1 Å². The van der Waals surface area contributed by atoms with Gasteiger partial charge in [0.05, 0.1) is 16.9 Å². The number of halogens is 3. The predicted molar refractivity (Wildman–Crippen MR) is 129 cm³/mol. The minimum atomic E-state index is -4.46. The molecule has 7 nitrogen and oxygen atoms in total. The largest absolute Gasteiger partial charge is 0.477 e. The average Bonchev–Trinajstić information content (AvgIpc) is 3.30. The highest BCUT2D eigenvalue weighted by Gasteiger charge is 2.30. The van der Waals surface area contributed by atoms with Crippen molar-refractivity contribution < 1.29 is 23.1 Å². The van der Waals surface area contributed by atoms with Gasteiger partial charge in [0, 0.05) is 18.4 Å². The first-order chi connectivity index (χ1) is 16.6. The molecule has 4 rings (SSSR count). The third-order valence-electron chi connectivity index (χ3n) is 5.74. The van der Waals surface area contributed by atoms with Crippen LogP contribution in [0.5, 0.6) is 0 Å². The summed E-state index contributed by atoms with van der Waals surface area (Å²) < 4.78 is 38.4. The Labute approximate surface area is 199 Å². The number of hydrogen-bond donors (Lipinski definition) is 5. The van der Waals surface area contributed by atoms with E-state index in [-0.39, 0.29) is 17.1 Å². The van der Waals surface area contributed by atoms with Crippen molar-refractivity contribution in [2.24, 2.45) is 11.6 Å². The lowest BCUT2D eigenvalue weighted by Gasteiger charge is -2.15. The van der Waals surface area contributed by atoms with E-state index in [1.54, 1.807) is 6.07 Å². The Morgan fingerprint density at radius 3 is 2.29 bits per heavy atom. The molecule has 0 unspecified atom stereocenters. The number of benzene rings is 2. The van der Waals surface area contributed by atoms with Crippen LogP contribution in [-0.4, -0.2) is 29.1 Å². The maximum atomic E-state index is 12.8. The molecule has 0 saturated carbocycles. The van der Waals surface area contributed by atoms with E-state index >= 15 is 0 Å². The van der Waals surface area contributed by atoms with Crippen molar-refractivity contribution in [2.45, 2.75) is 12.6 Å². The Bertz CT molecular complexity index is 1280. The van der Waals surface area contributed by atoms with Crippen LogP contribution in [0.3, 0.4) is 0 Å². The van der Waals surface area contributed by atoms with E-state index in [9.17, 15) is 23.1 Å². The summed E-state index contributed by atoms with van der Waals surface area (Å²) in [5.74, 6) is 4.86. The van der Waals surface area contributed by atoms with Gasteiger partial charge in [-0.3, -0.25) is 5.01 Å². The molecule has 0 fully saturated rings. The van der Waals surface area contributed by atoms with Crippen LogP contribution < -0.4 is 21.9 Å². The summed E-state index contributed by atoms with van der Waals surface area (Å²) in [6.45, 7) is 1.75. The lowest BCUT2D eigenvalue weighted by atomic mass is 9.98. The maximum Gasteiger partial charge on any atom is 0.416 e. The second-order valence-corrected chi connectivity index (χ2v) is 8.08. The molecule has 0 saturated heterocycles. The Morgan fingerprint density at radius 1 is 1.06 bits per heavy atom. The van der Waals surface area contributed by atoms with Gasteiger partial charge in [0.15, 0.2) is 5.69 Å². The number of anilines is 1. The van der Waals surface area contributed by atoms with Crippen molar-refractivity contribution in [3.63, 3.8) is 0 Å². The Morgan fingerprint density at radius 2 is 1.71 bits per heavy atom. The zero-order valence-corrected chi connectivity index (χ0v) is 18.6. The molecule has 0 amide bonds. The number of hydrogen-bond acceptors (Lipinski definition) is 5. The smallest absolute Gasteiger partial charge is 0.416 e. The van der Waals surface area contributed by atoms with Crippen LogP contribution in [0.2, 0.25) is 0 Å². The summed E-state index contributed by atoms with van der Waals surface area (Å²) in [6.07, 6.45) is -0.121. The summed E-state index contributed by atoms with van der Waals surface area (Å²) in [5.41, 5.74) is 9.26. The van der Waals surface area contributed by atoms with Gasteiger partial charge in [-0.2, -0.15) is 13.2 Å². The first kappa shape index (κ1) is 24.1. The van der Waals surface area contributed by atoms with Gasteiger partial charge in [-0.1, -0.05) is 42.5 Å². The van der Waals surface area contributed by atoms with Gasteiger partial charge in [-0.15, -0.1) is 0 Å². The highest BCUT2D eigenvalue weighted by atomic mass is 19.4. The van der Waals surface area contributed by atoms with Gasteiger partial charge >= 0.3 is 12.1 Å². The molecule has 35 heavy (non-hydrogen) atoms. The summed E-state index contributed by atoms with van der Waals surface area (Å²) in [7, 11) is 0. The number of H-pyrrole nitrogens is 1. The first-order valence-electron chi connectivity index (χ1n) is 10.8. The second-order valence-electron chi connectivity index (χ2n) is 8.08. The van der Waals surface area contributed by atoms with Gasteiger partial charge in [-0.25, -0.2) is 10.6 Å². The van der Waals surface area contributed by atoms with E-state index in [1.807, 2.05) is 24.3 Å². The van der Waals surface area contributed by atoms with Gasteiger partial charge in [0.25, 0.3) is 0 Å². The van der Waals surface area contributed by atoms with E-state index in [0.29, 0.717) is 11.3 Å². The molecule has 2 aromatic carbocycles. The van der Waals surface area contributed by atoms with Gasteiger partial charge in [0.1, 0.15) is 0 Å². The highest BCUT2D eigenvalue weighted by molar-refractivity contribution is 5.95. The maximum absolute atomic E-state index is 12.8. The molecule has 10 heteroatoms. The van der Waals surface area contributed by atoms with E-state index in [0.717, 1.165) is 47.8 Å². The topological polar surface area (TPSA) is 120 Å². The quantitative estimate of drug-likeness (QED) is 0.262. The summed E-state index contributed by atoms with van der Waals surface area (Å²) >= 11 is 0. The first-order valence-corrected chi connectivity index (χ1v) is 10.8. The third-order valence-corrected chi connectivity index (χ3v) is 5.74. The number of nitrogens with zero attached hydrogens (tertiary/aromatic N) is 1. The molecule has 1 aliphatic heterocycles. The van der Waals surface area contributed by atoms with Crippen LogP contribution in [0, 0.1) is 0 Å². The molecule has 0 aliphatic carbocycles. The van der Waals surface area contributed by atoms with Crippen LogP contribution in [0.4, 0.5) is 18.9 Å². The number of nitrogens with two attached hydrogens (primary N) is 2. The molecule has 182 valence electrons. The molecule has 7 N–H and O–H groups in total. The molecule has 0 bridgehead atoms. The van der Waals surface area contributed by atoms with Crippen LogP contribution >= 0.6 is 0 Å². The van der Waals surface area contributed by atoms with E-state index in [1.165, 1.54) is 23.9 Å². The van der Waals surface area contributed by atoms with Crippen LogP contribution in [0.25, 0.3) is 22.5 Å². The standard InChI is InChI=1S/C25H24F3N5O2/c26-25(27,28)19-7-5-17(6-8-19)20(29)14-33(30)22-13-21(32-23(22)24(34)35)18-3-1-15(2-4-18)16-9-11-31-12-10-16/h1-9,13-14,31-32H,10-12,29-30H2,(H,34,35)/b20-14-. The summed E-state index contributed by atoms with van der Waals surface area (Å²) in [4.78, 5) is 14.7. The van der Waals surface area contributed by atoms with E-state index in [4.69, 9.17) is 11.6 Å². The van der Waals surface area contributed by atoms with Crippen molar-refractivity contribution in [2.75, 3.05) is 18.1 Å². The molecule has 1 aliphatic rings. The zero-order valence-electron chi connectivity index (χ0n) is 18.6. The number of carbonyl (C=O) groups is 1. The fraction of sp³-hybridized carbons (Fsp3) is 0.160. The molecule has 1 aromatic heterocycles. The molecule has 2 heterocycles. The van der Waals surface area contributed by atoms with Crippen LogP contribution in [-0.2, 0) is 6.18 Å². The van der Waals surface area contributed by atoms with Gasteiger partial charge in [-0.05, 0) is 53.4 Å². The van der Waals surface area contributed by atoms with Crippen molar-refractivity contribution >= 4 is 22.9 Å². The molecule has 0 atom stereocenters. The summed E-state index contributed by atoms with van der Waals surface area (Å²) in [5, 5.41) is 14.0. The number of alkyl halides is 3. The molecular formula is C25H24F3N5O2. The minimum absolute atomic E-state index is 0.0694. The fourth-order valence-electron chi connectivity index (χ4n) is 3.86. The number of aromatic amines is 1. The number of aromatic carboxylic acids is 1. The van der Waals surface area contributed by atoms with Gasteiger partial charge in [0.2, 0.25) is 0 Å². The minimum Gasteiger partial charge on any atom is -0.477 e. The van der Waals surface area contributed by atoms with Crippen molar-refractivity contribution in [3.8, 4) is 11.3 Å². The Hall–Kier alpha value is -4.02. The number of nitrogens with one attached hydrogen (secondary N) is 2. The monoisotopic (exact) mass is 483 g/mol. The van der Waals surface area contributed by atoms with Crippen molar-refractivity contribution in [1.29, 1.82) is 0 Å². The zero-order chi connectivity index (χ0) is 25.2. The number of carboxylic acids is 1. The molecular weight excluding hydrogens is 459 g/mol. The van der Waals surface area contributed by atoms with E-state index in [2.05, 4.69) is 16.4 Å². The van der Waals surface area contributed by atoms with Crippen molar-refractivity contribution in [3.05, 3.63) is 89.3 Å². The number of rotatable bonds is 6. The van der Waals surface area contributed by atoms with Crippen LogP contribution in [0.1, 0.15) is 33.6 Å².